The third-order valence-electron chi connectivity index (χ3n) is 6.56. The van der Waals surface area contributed by atoms with Crippen LogP contribution in [0.3, 0.4) is 0 Å². The van der Waals surface area contributed by atoms with E-state index in [1.165, 1.54) is 6.07 Å². The minimum absolute atomic E-state index is 0.268. The highest BCUT2D eigenvalue weighted by Crippen LogP contribution is 2.35. The largest absolute Gasteiger partial charge is 0.377 e. The standard InChI is InChI=1S/C27H27ClFN7O/c1-17(20-4-2-3-5-23(20)29)34-26-21-12-18(6-7-24(21)31-15-22(26)28)19-13-32-27(33-14-19)36-10-8-35(9-11-36)16-25(30)37/h2-7,12-15,17H,8-11,16H2,1H3,(H2,30,37)(H,31,34). The van der Waals surface area contributed by atoms with Gasteiger partial charge in [0.2, 0.25) is 11.9 Å². The average molecular weight is 520 g/mol. The molecular weight excluding hydrogens is 493 g/mol. The first-order chi connectivity index (χ1) is 17.9. The Morgan fingerprint density at radius 2 is 1.78 bits per heavy atom. The van der Waals surface area contributed by atoms with E-state index in [1.54, 1.807) is 30.7 Å². The van der Waals surface area contributed by atoms with Crippen LogP contribution in [0.4, 0.5) is 16.0 Å². The number of nitrogens with zero attached hydrogens (tertiary/aromatic N) is 5. The fourth-order valence-corrected chi connectivity index (χ4v) is 4.78. The molecule has 37 heavy (non-hydrogen) atoms. The maximum atomic E-state index is 14.4. The van der Waals surface area contributed by atoms with Crippen molar-refractivity contribution in [1.29, 1.82) is 0 Å². The number of nitrogens with one attached hydrogen (secondary N) is 1. The zero-order valence-electron chi connectivity index (χ0n) is 20.4. The van der Waals surface area contributed by atoms with Gasteiger partial charge in [-0.3, -0.25) is 14.7 Å². The van der Waals surface area contributed by atoms with E-state index < -0.39 is 0 Å². The molecule has 0 aliphatic carbocycles. The van der Waals surface area contributed by atoms with E-state index in [2.05, 4.69) is 25.2 Å². The molecule has 1 aliphatic heterocycles. The second-order valence-electron chi connectivity index (χ2n) is 9.10. The SMILES string of the molecule is CC(Nc1c(Cl)cnc2ccc(-c3cnc(N4CCN(CC(N)=O)CC4)nc3)cc12)c1ccccc1F. The minimum atomic E-state index is -0.319. The monoisotopic (exact) mass is 519 g/mol. The van der Waals surface area contributed by atoms with E-state index in [-0.39, 0.29) is 24.3 Å². The lowest BCUT2D eigenvalue weighted by molar-refractivity contribution is -0.119. The van der Waals surface area contributed by atoms with Gasteiger partial charge in [-0.2, -0.15) is 0 Å². The minimum Gasteiger partial charge on any atom is -0.377 e. The molecular formula is C27H27ClFN7O. The predicted molar refractivity (Wildman–Crippen MR) is 144 cm³/mol. The van der Waals surface area contributed by atoms with Crippen molar-refractivity contribution in [3.05, 3.63) is 77.5 Å². The molecule has 1 fully saturated rings. The van der Waals surface area contributed by atoms with Gasteiger partial charge in [0.05, 0.1) is 28.8 Å². The van der Waals surface area contributed by atoms with Crippen LogP contribution in [0.5, 0.6) is 0 Å². The summed E-state index contributed by atoms with van der Waals surface area (Å²) in [5, 5.41) is 4.65. The Morgan fingerprint density at radius 3 is 2.49 bits per heavy atom. The van der Waals surface area contributed by atoms with Crippen molar-refractivity contribution in [3.63, 3.8) is 0 Å². The number of hydrogen-bond donors (Lipinski definition) is 2. The summed E-state index contributed by atoms with van der Waals surface area (Å²) in [6, 6.07) is 12.3. The van der Waals surface area contributed by atoms with Gasteiger partial charge < -0.3 is 16.0 Å². The van der Waals surface area contributed by atoms with Crippen LogP contribution in [-0.2, 0) is 4.79 Å². The van der Waals surface area contributed by atoms with E-state index in [1.807, 2.05) is 36.1 Å². The van der Waals surface area contributed by atoms with Crippen molar-refractivity contribution in [2.45, 2.75) is 13.0 Å². The van der Waals surface area contributed by atoms with Crippen molar-refractivity contribution >= 4 is 40.0 Å². The van der Waals surface area contributed by atoms with Crippen LogP contribution < -0.4 is 16.0 Å². The third-order valence-corrected chi connectivity index (χ3v) is 6.85. The molecule has 190 valence electrons. The number of piperazine rings is 1. The molecule has 1 atom stereocenters. The molecule has 0 spiro atoms. The topological polar surface area (TPSA) is 100 Å². The summed E-state index contributed by atoms with van der Waals surface area (Å²) in [5.74, 6) is 0.0548. The summed E-state index contributed by atoms with van der Waals surface area (Å²) < 4.78 is 14.4. The number of anilines is 2. The zero-order chi connectivity index (χ0) is 25.9. The number of hydrogen-bond acceptors (Lipinski definition) is 7. The molecule has 0 radical (unpaired) electrons. The number of halogens is 2. The van der Waals surface area contributed by atoms with Crippen molar-refractivity contribution in [2.24, 2.45) is 5.73 Å². The van der Waals surface area contributed by atoms with E-state index in [0.717, 1.165) is 48.2 Å². The number of pyridine rings is 1. The van der Waals surface area contributed by atoms with Gasteiger partial charge >= 0.3 is 0 Å². The van der Waals surface area contributed by atoms with Crippen molar-refractivity contribution in [1.82, 2.24) is 19.9 Å². The van der Waals surface area contributed by atoms with Gasteiger partial charge in [-0.25, -0.2) is 14.4 Å². The van der Waals surface area contributed by atoms with Crippen LogP contribution in [0.1, 0.15) is 18.5 Å². The summed E-state index contributed by atoms with van der Waals surface area (Å²) in [4.78, 5) is 28.9. The summed E-state index contributed by atoms with van der Waals surface area (Å²) in [5.41, 5.74) is 9.08. The van der Waals surface area contributed by atoms with Crippen LogP contribution in [0, 0.1) is 5.82 Å². The normalized spacial score (nSPS) is 15.1. The van der Waals surface area contributed by atoms with Crippen LogP contribution in [0.25, 0.3) is 22.0 Å². The van der Waals surface area contributed by atoms with Crippen LogP contribution >= 0.6 is 11.6 Å². The van der Waals surface area contributed by atoms with Gasteiger partial charge in [-0.1, -0.05) is 35.9 Å². The Morgan fingerprint density at radius 1 is 1.05 bits per heavy atom. The fourth-order valence-electron chi connectivity index (χ4n) is 4.58. The quantitative estimate of drug-likeness (QED) is 0.376. The molecule has 0 saturated carbocycles. The predicted octanol–water partition coefficient (Wildman–Crippen LogP) is 4.26. The molecule has 0 bridgehead atoms. The molecule has 1 saturated heterocycles. The summed E-state index contributed by atoms with van der Waals surface area (Å²) in [6.45, 7) is 5.07. The number of aromatic nitrogens is 3. The van der Waals surface area contributed by atoms with E-state index in [4.69, 9.17) is 17.3 Å². The van der Waals surface area contributed by atoms with Gasteiger partial charge in [0.25, 0.3) is 0 Å². The van der Waals surface area contributed by atoms with Crippen LogP contribution in [0.15, 0.2) is 61.1 Å². The lowest BCUT2D eigenvalue weighted by Crippen LogP contribution is -2.49. The van der Waals surface area contributed by atoms with Crippen LogP contribution in [0.2, 0.25) is 5.02 Å². The number of primary amides is 1. The molecule has 4 aromatic rings. The molecule has 1 amide bonds. The van der Waals surface area contributed by atoms with E-state index in [9.17, 15) is 9.18 Å². The number of rotatable bonds is 7. The lowest BCUT2D eigenvalue weighted by atomic mass is 10.0. The molecule has 2 aromatic heterocycles. The number of carbonyl (C=O) groups excluding carboxylic acids is 1. The Hall–Kier alpha value is -3.82. The van der Waals surface area contributed by atoms with E-state index >= 15 is 0 Å². The number of nitrogens with two attached hydrogens (primary N) is 1. The molecule has 3 heterocycles. The average Bonchev–Trinajstić information content (AvgIpc) is 2.90. The molecule has 3 N–H and O–H groups in total. The van der Waals surface area contributed by atoms with Crippen molar-refractivity contribution in [3.8, 4) is 11.1 Å². The molecule has 2 aromatic carbocycles. The smallest absolute Gasteiger partial charge is 0.231 e. The summed E-state index contributed by atoms with van der Waals surface area (Å²) in [7, 11) is 0. The van der Waals surface area contributed by atoms with Gasteiger partial charge in [0, 0.05) is 61.3 Å². The van der Waals surface area contributed by atoms with Crippen molar-refractivity contribution in [2.75, 3.05) is 42.9 Å². The first kappa shape index (κ1) is 24.9. The summed E-state index contributed by atoms with van der Waals surface area (Å²) >= 11 is 6.54. The van der Waals surface area contributed by atoms with Crippen molar-refractivity contribution < 1.29 is 9.18 Å². The Labute approximate surface area is 219 Å². The molecule has 1 aliphatic rings. The number of benzene rings is 2. The highest BCUT2D eigenvalue weighted by Gasteiger charge is 2.20. The number of carbonyl (C=O) groups is 1. The lowest BCUT2D eigenvalue weighted by Gasteiger charge is -2.33. The Balaban J connectivity index is 1.38. The number of amides is 1. The fraction of sp³-hybridized carbons (Fsp3) is 0.259. The highest BCUT2D eigenvalue weighted by atomic mass is 35.5. The maximum absolute atomic E-state index is 14.4. The Bertz CT molecular complexity index is 1420. The maximum Gasteiger partial charge on any atom is 0.231 e. The van der Waals surface area contributed by atoms with Gasteiger partial charge in [-0.05, 0) is 30.7 Å². The second-order valence-corrected chi connectivity index (χ2v) is 9.51. The van der Waals surface area contributed by atoms with Crippen LogP contribution in [-0.4, -0.2) is 58.5 Å². The molecule has 10 heteroatoms. The molecule has 5 rings (SSSR count). The third kappa shape index (κ3) is 5.47. The van der Waals surface area contributed by atoms with Gasteiger partial charge in [-0.15, -0.1) is 0 Å². The molecule has 1 unspecified atom stereocenters. The van der Waals surface area contributed by atoms with E-state index in [0.29, 0.717) is 22.2 Å². The second kappa shape index (κ2) is 10.7. The first-order valence-electron chi connectivity index (χ1n) is 12.1. The number of fused-ring (bicyclic) bond motifs is 1. The first-order valence-corrected chi connectivity index (χ1v) is 12.4. The highest BCUT2D eigenvalue weighted by molar-refractivity contribution is 6.34. The van der Waals surface area contributed by atoms with Gasteiger partial charge in [0.15, 0.2) is 0 Å². The molecule has 8 nitrogen and oxygen atoms in total. The summed E-state index contributed by atoms with van der Waals surface area (Å²) in [6.07, 6.45) is 5.19. The zero-order valence-corrected chi connectivity index (χ0v) is 21.1. The Kier molecular flexibility index (Phi) is 7.16. The van der Waals surface area contributed by atoms with Gasteiger partial charge in [0.1, 0.15) is 5.82 Å².